The third-order valence-corrected chi connectivity index (χ3v) is 5.03. The second-order valence-corrected chi connectivity index (χ2v) is 6.91. The molecule has 0 radical (unpaired) electrons. The number of hydrogen-bond donors (Lipinski definition) is 1. The highest BCUT2D eigenvalue weighted by molar-refractivity contribution is 5.78. The molecule has 1 fully saturated rings. The standard InChI is InChI=1S/C21H23N3O2/c1-14-7-10-20(26-2)21(22-14)24-12-16(19(25)13-24)11-17-9-8-15-5-3-4-6-18(15)23-17/h3-10,16,19,25H,11-13H2,1-2H3/t16-,19-/m1/s1. The van der Waals surface area contributed by atoms with E-state index in [0.29, 0.717) is 6.54 Å². The minimum absolute atomic E-state index is 0.121. The smallest absolute Gasteiger partial charge is 0.171 e. The van der Waals surface area contributed by atoms with Crippen LogP contribution in [0.2, 0.25) is 0 Å². The largest absolute Gasteiger partial charge is 0.493 e. The molecule has 1 aromatic carbocycles. The number of methoxy groups -OCH3 is 1. The van der Waals surface area contributed by atoms with Crippen LogP contribution < -0.4 is 9.64 Å². The fourth-order valence-electron chi connectivity index (χ4n) is 3.63. The number of β-amino-alcohol motifs (C(OH)–C–C–N with tert-alkyl or cyclic N) is 1. The topological polar surface area (TPSA) is 58.5 Å². The summed E-state index contributed by atoms with van der Waals surface area (Å²) in [5, 5.41) is 11.7. The van der Waals surface area contributed by atoms with E-state index in [-0.39, 0.29) is 5.92 Å². The first-order chi connectivity index (χ1) is 12.6. The van der Waals surface area contributed by atoms with Crippen LogP contribution in [-0.4, -0.2) is 41.4 Å². The van der Waals surface area contributed by atoms with Crippen LogP contribution in [0, 0.1) is 12.8 Å². The Morgan fingerprint density at radius 1 is 1.08 bits per heavy atom. The highest BCUT2D eigenvalue weighted by Crippen LogP contribution is 2.32. The highest BCUT2D eigenvalue weighted by atomic mass is 16.5. The zero-order valence-electron chi connectivity index (χ0n) is 15.1. The maximum Gasteiger partial charge on any atom is 0.171 e. The summed E-state index contributed by atoms with van der Waals surface area (Å²) in [5.41, 5.74) is 2.95. The van der Waals surface area contributed by atoms with E-state index in [1.165, 1.54) is 0 Å². The minimum Gasteiger partial charge on any atom is -0.493 e. The van der Waals surface area contributed by atoms with Crippen molar-refractivity contribution in [3.8, 4) is 5.75 Å². The number of fused-ring (bicyclic) bond motifs is 1. The van der Waals surface area contributed by atoms with Crippen molar-refractivity contribution in [3.05, 3.63) is 59.9 Å². The van der Waals surface area contributed by atoms with Gasteiger partial charge in [-0.3, -0.25) is 4.98 Å². The number of rotatable bonds is 4. The van der Waals surface area contributed by atoms with Gasteiger partial charge in [0.1, 0.15) is 0 Å². The zero-order chi connectivity index (χ0) is 18.1. The number of benzene rings is 1. The van der Waals surface area contributed by atoms with Gasteiger partial charge in [0.15, 0.2) is 11.6 Å². The lowest BCUT2D eigenvalue weighted by atomic mass is 9.99. The van der Waals surface area contributed by atoms with Crippen molar-refractivity contribution < 1.29 is 9.84 Å². The Morgan fingerprint density at radius 2 is 1.92 bits per heavy atom. The minimum atomic E-state index is -0.407. The Bertz CT molecular complexity index is 928. The number of aliphatic hydroxyl groups excluding tert-OH is 1. The van der Waals surface area contributed by atoms with Gasteiger partial charge in [-0.05, 0) is 37.6 Å². The average Bonchev–Trinajstić information content (AvgIpc) is 3.02. The zero-order valence-corrected chi connectivity index (χ0v) is 15.1. The van der Waals surface area contributed by atoms with Crippen LogP contribution in [0.25, 0.3) is 10.9 Å². The van der Waals surface area contributed by atoms with E-state index in [1.807, 2.05) is 37.3 Å². The molecule has 3 aromatic rings. The van der Waals surface area contributed by atoms with Gasteiger partial charge < -0.3 is 14.7 Å². The van der Waals surface area contributed by atoms with E-state index in [0.717, 1.165) is 46.8 Å². The van der Waals surface area contributed by atoms with Crippen molar-refractivity contribution >= 4 is 16.7 Å². The first-order valence-corrected chi connectivity index (χ1v) is 8.93. The molecule has 134 valence electrons. The third kappa shape index (κ3) is 3.22. The van der Waals surface area contributed by atoms with Crippen LogP contribution in [0.4, 0.5) is 5.82 Å². The molecule has 2 atom stereocenters. The van der Waals surface area contributed by atoms with Gasteiger partial charge in [-0.25, -0.2) is 4.98 Å². The Labute approximate surface area is 153 Å². The van der Waals surface area contributed by atoms with Gasteiger partial charge in [-0.15, -0.1) is 0 Å². The molecule has 0 aliphatic carbocycles. The van der Waals surface area contributed by atoms with Crippen LogP contribution in [0.1, 0.15) is 11.4 Å². The molecule has 1 N–H and O–H groups in total. The first kappa shape index (κ1) is 16.8. The summed E-state index contributed by atoms with van der Waals surface area (Å²) in [7, 11) is 1.65. The molecule has 0 saturated carbocycles. The number of pyridine rings is 2. The second-order valence-electron chi connectivity index (χ2n) is 6.91. The molecule has 5 nitrogen and oxygen atoms in total. The van der Waals surface area contributed by atoms with Gasteiger partial charge in [0.2, 0.25) is 0 Å². The van der Waals surface area contributed by atoms with E-state index in [1.54, 1.807) is 7.11 Å². The number of hydrogen-bond acceptors (Lipinski definition) is 5. The number of para-hydroxylation sites is 1. The van der Waals surface area contributed by atoms with E-state index in [2.05, 4.69) is 28.1 Å². The van der Waals surface area contributed by atoms with E-state index in [9.17, 15) is 5.11 Å². The number of aromatic nitrogens is 2. The lowest BCUT2D eigenvalue weighted by Gasteiger charge is -2.20. The molecule has 4 rings (SSSR count). The summed E-state index contributed by atoms with van der Waals surface area (Å²) in [6.45, 7) is 3.26. The van der Waals surface area contributed by atoms with Gasteiger partial charge in [-0.1, -0.05) is 24.3 Å². The maximum absolute atomic E-state index is 10.6. The molecule has 5 heteroatoms. The molecule has 3 heterocycles. The number of ether oxygens (including phenoxy) is 1. The van der Waals surface area contributed by atoms with Crippen molar-refractivity contribution in [2.75, 3.05) is 25.1 Å². The summed E-state index contributed by atoms with van der Waals surface area (Å²) in [4.78, 5) is 11.5. The molecule has 26 heavy (non-hydrogen) atoms. The summed E-state index contributed by atoms with van der Waals surface area (Å²) in [6, 6.07) is 16.1. The van der Waals surface area contributed by atoms with Gasteiger partial charge >= 0.3 is 0 Å². The average molecular weight is 349 g/mol. The number of aryl methyl sites for hydroxylation is 1. The van der Waals surface area contributed by atoms with Gasteiger partial charge in [-0.2, -0.15) is 0 Å². The van der Waals surface area contributed by atoms with E-state index >= 15 is 0 Å². The van der Waals surface area contributed by atoms with Crippen LogP contribution in [0.15, 0.2) is 48.5 Å². The maximum atomic E-state index is 10.6. The number of nitrogens with zero attached hydrogens (tertiary/aromatic N) is 3. The van der Waals surface area contributed by atoms with E-state index in [4.69, 9.17) is 9.72 Å². The summed E-state index contributed by atoms with van der Waals surface area (Å²) < 4.78 is 5.45. The molecule has 1 aliphatic rings. The number of aliphatic hydroxyl groups is 1. The van der Waals surface area contributed by atoms with Gasteiger partial charge in [0, 0.05) is 35.8 Å². The third-order valence-electron chi connectivity index (χ3n) is 5.03. The van der Waals surface area contributed by atoms with Crippen LogP contribution >= 0.6 is 0 Å². The molecular weight excluding hydrogens is 326 g/mol. The fraction of sp³-hybridized carbons (Fsp3) is 0.333. The Kier molecular flexibility index (Phi) is 4.47. The van der Waals surface area contributed by atoms with Crippen molar-refractivity contribution in [2.24, 2.45) is 5.92 Å². The summed E-state index contributed by atoms with van der Waals surface area (Å²) in [5.74, 6) is 1.67. The monoisotopic (exact) mass is 349 g/mol. The molecule has 0 amide bonds. The SMILES string of the molecule is COc1ccc(C)nc1N1C[C@@H](Cc2ccc3ccccc3n2)[C@H](O)C1. The van der Waals surface area contributed by atoms with Crippen molar-refractivity contribution in [1.29, 1.82) is 0 Å². The Hall–Kier alpha value is -2.66. The summed E-state index contributed by atoms with van der Waals surface area (Å²) in [6.07, 6.45) is 0.340. The van der Waals surface area contributed by atoms with Crippen molar-refractivity contribution in [1.82, 2.24) is 9.97 Å². The van der Waals surface area contributed by atoms with Crippen LogP contribution in [0.3, 0.4) is 0 Å². The molecule has 0 spiro atoms. The molecule has 1 saturated heterocycles. The lowest BCUT2D eigenvalue weighted by Crippen LogP contribution is -2.23. The quantitative estimate of drug-likeness (QED) is 0.785. The molecule has 2 aromatic heterocycles. The van der Waals surface area contributed by atoms with E-state index < -0.39 is 6.10 Å². The second kappa shape index (κ2) is 6.92. The lowest BCUT2D eigenvalue weighted by molar-refractivity contribution is 0.148. The fourth-order valence-corrected chi connectivity index (χ4v) is 3.63. The molecule has 0 unspecified atom stereocenters. The van der Waals surface area contributed by atoms with Gasteiger partial charge in [0.05, 0.1) is 18.7 Å². The van der Waals surface area contributed by atoms with Crippen LogP contribution in [0.5, 0.6) is 5.75 Å². The predicted molar refractivity (Wildman–Crippen MR) is 103 cm³/mol. The van der Waals surface area contributed by atoms with Gasteiger partial charge in [0.25, 0.3) is 0 Å². The normalized spacial score (nSPS) is 19.9. The Morgan fingerprint density at radius 3 is 2.77 bits per heavy atom. The van der Waals surface area contributed by atoms with Crippen molar-refractivity contribution in [2.45, 2.75) is 19.4 Å². The van der Waals surface area contributed by atoms with Crippen LogP contribution in [-0.2, 0) is 6.42 Å². The summed E-state index contributed by atoms with van der Waals surface area (Å²) >= 11 is 0. The first-order valence-electron chi connectivity index (χ1n) is 8.93. The molecular formula is C21H23N3O2. The molecule has 1 aliphatic heterocycles. The van der Waals surface area contributed by atoms with Crippen molar-refractivity contribution in [3.63, 3.8) is 0 Å². The highest BCUT2D eigenvalue weighted by Gasteiger charge is 2.33. The number of anilines is 1. The predicted octanol–water partition coefficient (Wildman–Crippen LogP) is 2.99. The Balaban J connectivity index is 1.54. The molecule has 0 bridgehead atoms.